The highest BCUT2D eigenvalue weighted by molar-refractivity contribution is 7.09. The van der Waals surface area contributed by atoms with Gasteiger partial charge >= 0.3 is 0 Å². The molecule has 9 nitrogen and oxygen atoms in total. The van der Waals surface area contributed by atoms with Gasteiger partial charge in [0.2, 0.25) is 0 Å². The molecule has 38 heavy (non-hydrogen) atoms. The molecule has 0 unspecified atom stereocenters. The van der Waals surface area contributed by atoms with Crippen LogP contribution in [0.5, 0.6) is 0 Å². The topological polar surface area (TPSA) is 125 Å². The lowest BCUT2D eigenvalue weighted by molar-refractivity contribution is 0.341. The van der Waals surface area contributed by atoms with Crippen molar-refractivity contribution in [1.82, 2.24) is 29.5 Å². The van der Waals surface area contributed by atoms with Crippen molar-refractivity contribution in [2.45, 2.75) is 31.3 Å². The van der Waals surface area contributed by atoms with E-state index in [0.717, 1.165) is 47.8 Å². The summed E-state index contributed by atoms with van der Waals surface area (Å²) in [6.07, 6.45) is 9.16. The lowest BCUT2D eigenvalue weighted by Gasteiger charge is -2.41. The monoisotopic (exact) mass is 533 g/mol. The fourth-order valence-electron chi connectivity index (χ4n) is 5.06. The van der Waals surface area contributed by atoms with Gasteiger partial charge in [0, 0.05) is 42.2 Å². The number of hydrogen-bond acceptors (Lipinski definition) is 9. The number of thiazole rings is 1. The van der Waals surface area contributed by atoms with E-state index in [9.17, 15) is 8.78 Å². The summed E-state index contributed by atoms with van der Waals surface area (Å²) in [5, 5.41) is 2.98. The highest BCUT2D eigenvalue weighted by Gasteiger charge is 2.33. The number of nitrogens with zero attached hydrogens (tertiary/aromatic N) is 7. The van der Waals surface area contributed by atoms with Crippen LogP contribution in [0.2, 0.25) is 0 Å². The number of nitrogen functional groups attached to an aromatic ring is 1. The largest absolute Gasteiger partial charge is 0.382 e. The molecule has 6 rings (SSSR count). The van der Waals surface area contributed by atoms with E-state index in [-0.39, 0.29) is 0 Å². The van der Waals surface area contributed by atoms with Crippen molar-refractivity contribution in [3.05, 3.63) is 76.9 Å². The summed E-state index contributed by atoms with van der Waals surface area (Å²) in [4.78, 5) is 24.1. The lowest BCUT2D eigenvalue weighted by atomic mass is 9.86. The molecule has 1 fully saturated rings. The number of benzene rings is 1. The molecule has 1 atom stereocenters. The molecule has 194 valence electrons. The van der Waals surface area contributed by atoms with Crippen LogP contribution in [0, 0.1) is 11.6 Å². The van der Waals surface area contributed by atoms with Gasteiger partial charge < -0.3 is 20.9 Å². The summed E-state index contributed by atoms with van der Waals surface area (Å²) in [5.41, 5.74) is 16.4. The second-order valence-electron chi connectivity index (χ2n) is 9.62. The van der Waals surface area contributed by atoms with Gasteiger partial charge in [-0.1, -0.05) is 0 Å². The molecule has 0 amide bonds. The van der Waals surface area contributed by atoms with Gasteiger partial charge in [-0.15, -0.1) is 11.3 Å². The van der Waals surface area contributed by atoms with Crippen molar-refractivity contribution in [1.29, 1.82) is 0 Å². The summed E-state index contributed by atoms with van der Waals surface area (Å²) in [6.45, 7) is 1.85. The zero-order valence-electron chi connectivity index (χ0n) is 20.4. The standard InChI is InChI=1S/C26H25F2N9S/c27-18-3-2-16(8-19(18)28)20-9-17(12-37-15-35-23-24(29)33-14-34-25(23)37)21(11-32-20)36-6-1-4-26(30,13-36)10-22-31-5-7-38-22/h2-3,5,7-9,11,14-15H,1,4,6,10,12-13,30H2,(H2,29,33,34)/t26-/m0/s1. The number of pyridine rings is 1. The zero-order valence-corrected chi connectivity index (χ0v) is 21.2. The van der Waals surface area contributed by atoms with Crippen LogP contribution >= 0.6 is 11.3 Å². The minimum absolute atomic E-state index is 0.303. The maximum atomic E-state index is 14.0. The number of piperidine rings is 1. The average Bonchev–Trinajstić information content (AvgIpc) is 3.56. The second kappa shape index (κ2) is 9.69. The van der Waals surface area contributed by atoms with Gasteiger partial charge in [0.05, 0.1) is 35.5 Å². The van der Waals surface area contributed by atoms with Crippen molar-refractivity contribution in [2.75, 3.05) is 23.7 Å². The van der Waals surface area contributed by atoms with E-state index < -0.39 is 17.2 Å². The van der Waals surface area contributed by atoms with E-state index in [4.69, 9.17) is 11.5 Å². The predicted octanol–water partition coefficient (Wildman–Crippen LogP) is 3.79. The van der Waals surface area contributed by atoms with Crippen LogP contribution in [0.15, 0.2) is 54.7 Å². The summed E-state index contributed by atoms with van der Waals surface area (Å²) in [5.74, 6) is -1.52. The molecule has 1 aliphatic rings. The first-order chi connectivity index (χ1) is 18.4. The third-order valence-corrected chi connectivity index (χ3v) is 7.67. The number of nitrogens with two attached hydrogens (primary N) is 2. The Balaban J connectivity index is 1.39. The predicted molar refractivity (Wildman–Crippen MR) is 143 cm³/mol. The smallest absolute Gasteiger partial charge is 0.165 e. The maximum Gasteiger partial charge on any atom is 0.165 e. The van der Waals surface area contributed by atoms with E-state index in [1.54, 1.807) is 30.1 Å². The van der Waals surface area contributed by atoms with Crippen LogP contribution < -0.4 is 16.4 Å². The Labute approximate surface area is 221 Å². The highest BCUT2D eigenvalue weighted by atomic mass is 32.1. The Morgan fingerprint density at radius 3 is 2.76 bits per heavy atom. The minimum Gasteiger partial charge on any atom is -0.382 e. The molecular formula is C26H25F2N9S. The quantitative estimate of drug-likeness (QED) is 0.338. The second-order valence-corrected chi connectivity index (χ2v) is 10.6. The average molecular weight is 534 g/mol. The minimum atomic E-state index is -0.922. The Morgan fingerprint density at radius 2 is 1.95 bits per heavy atom. The molecular weight excluding hydrogens is 508 g/mol. The van der Waals surface area contributed by atoms with Gasteiger partial charge in [-0.25, -0.2) is 28.7 Å². The van der Waals surface area contributed by atoms with E-state index in [2.05, 4.69) is 29.8 Å². The number of fused-ring (bicyclic) bond motifs is 1. The van der Waals surface area contributed by atoms with Crippen LogP contribution in [0.25, 0.3) is 22.4 Å². The van der Waals surface area contributed by atoms with Gasteiger partial charge in [0.1, 0.15) is 11.8 Å². The van der Waals surface area contributed by atoms with Crippen molar-refractivity contribution in [2.24, 2.45) is 5.73 Å². The first kappa shape index (κ1) is 24.3. The molecule has 12 heteroatoms. The van der Waals surface area contributed by atoms with Gasteiger partial charge in [0.15, 0.2) is 23.1 Å². The molecule has 4 aromatic heterocycles. The van der Waals surface area contributed by atoms with E-state index in [1.165, 1.54) is 12.4 Å². The normalized spacial score (nSPS) is 17.8. The summed E-state index contributed by atoms with van der Waals surface area (Å²) in [6, 6.07) is 5.67. The van der Waals surface area contributed by atoms with Crippen molar-refractivity contribution >= 4 is 34.0 Å². The SMILES string of the molecule is Nc1ncnc2c1ncn2Cc1cc(-c2ccc(F)c(F)c2)ncc1N1CCC[C@](N)(Cc2nccs2)C1. The number of aromatic nitrogens is 6. The summed E-state index contributed by atoms with van der Waals surface area (Å²) in [7, 11) is 0. The Hall–Kier alpha value is -4.03. The molecule has 5 heterocycles. The van der Waals surface area contributed by atoms with Gasteiger partial charge in [-0.2, -0.15) is 0 Å². The summed E-state index contributed by atoms with van der Waals surface area (Å²) < 4.78 is 29.5. The molecule has 1 aliphatic heterocycles. The van der Waals surface area contributed by atoms with Crippen LogP contribution in [0.4, 0.5) is 20.3 Å². The van der Waals surface area contributed by atoms with Crippen molar-refractivity contribution in [3.63, 3.8) is 0 Å². The van der Waals surface area contributed by atoms with E-state index in [1.807, 2.05) is 16.0 Å². The van der Waals surface area contributed by atoms with Crippen LogP contribution in [0.3, 0.4) is 0 Å². The maximum absolute atomic E-state index is 14.0. The molecule has 5 aromatic rings. The van der Waals surface area contributed by atoms with Crippen LogP contribution in [-0.2, 0) is 13.0 Å². The number of halogens is 2. The Kier molecular flexibility index (Phi) is 6.20. The number of hydrogen-bond donors (Lipinski definition) is 2. The molecule has 1 aromatic carbocycles. The fraction of sp³-hybridized carbons (Fsp3) is 0.269. The Morgan fingerprint density at radius 1 is 1.05 bits per heavy atom. The molecule has 4 N–H and O–H groups in total. The molecule has 0 radical (unpaired) electrons. The van der Waals surface area contributed by atoms with Crippen LogP contribution in [-0.4, -0.2) is 48.1 Å². The van der Waals surface area contributed by atoms with Crippen molar-refractivity contribution in [3.8, 4) is 11.3 Å². The van der Waals surface area contributed by atoms with Crippen molar-refractivity contribution < 1.29 is 8.78 Å². The molecule has 0 bridgehead atoms. The molecule has 0 aliphatic carbocycles. The first-order valence-electron chi connectivity index (χ1n) is 12.2. The Bertz CT molecular complexity index is 1600. The van der Waals surface area contributed by atoms with Gasteiger partial charge in [-0.3, -0.25) is 4.98 Å². The molecule has 1 saturated heterocycles. The summed E-state index contributed by atoms with van der Waals surface area (Å²) >= 11 is 1.61. The number of rotatable bonds is 6. The van der Waals surface area contributed by atoms with Gasteiger partial charge in [0.25, 0.3) is 0 Å². The van der Waals surface area contributed by atoms with Crippen LogP contribution in [0.1, 0.15) is 23.4 Å². The fourth-order valence-corrected chi connectivity index (χ4v) is 5.84. The zero-order chi connectivity index (χ0) is 26.3. The number of anilines is 2. The third kappa shape index (κ3) is 4.68. The molecule has 0 spiro atoms. The molecule has 0 saturated carbocycles. The third-order valence-electron chi connectivity index (χ3n) is 6.89. The first-order valence-corrected chi connectivity index (χ1v) is 13.0. The number of imidazole rings is 1. The van der Waals surface area contributed by atoms with E-state index in [0.29, 0.717) is 47.7 Å². The van der Waals surface area contributed by atoms with E-state index >= 15 is 0 Å². The van der Waals surface area contributed by atoms with Gasteiger partial charge in [-0.05, 0) is 42.7 Å². The highest BCUT2D eigenvalue weighted by Crippen LogP contribution is 2.32. The lowest BCUT2D eigenvalue weighted by Crippen LogP contribution is -2.56.